The zero-order valence-corrected chi connectivity index (χ0v) is 15.0. The molecular weight excluding hydrogens is 362 g/mol. The molecular formula is C17H14ClN3O3S. The Kier molecular flexibility index (Phi) is 4.61. The van der Waals surface area contributed by atoms with Gasteiger partial charge in [-0.15, -0.1) is 0 Å². The number of aromatic amines is 1. The number of nitrogens with zero attached hydrogens (tertiary/aromatic N) is 1. The Morgan fingerprint density at radius 2 is 2.04 bits per heavy atom. The smallest absolute Gasteiger partial charge is 0.261 e. The third-order valence-electron chi connectivity index (χ3n) is 3.79. The number of nitrogens with one attached hydrogen (secondary N) is 2. The van der Waals surface area contributed by atoms with Crippen LogP contribution in [0.25, 0.3) is 10.9 Å². The third kappa shape index (κ3) is 3.29. The van der Waals surface area contributed by atoms with Crippen LogP contribution in [0, 0.1) is 4.77 Å². The van der Waals surface area contributed by atoms with Crippen LogP contribution in [0.2, 0.25) is 5.02 Å². The molecule has 8 heteroatoms. The van der Waals surface area contributed by atoms with Crippen molar-refractivity contribution in [3.8, 4) is 5.75 Å². The molecule has 128 valence electrons. The fourth-order valence-electron chi connectivity index (χ4n) is 2.37. The first-order valence-corrected chi connectivity index (χ1v) is 8.07. The Morgan fingerprint density at radius 3 is 2.72 bits per heavy atom. The van der Waals surface area contributed by atoms with Crippen LogP contribution in [-0.2, 0) is 7.05 Å². The Morgan fingerprint density at radius 1 is 1.28 bits per heavy atom. The first kappa shape index (κ1) is 17.2. The molecule has 0 aliphatic rings. The largest absolute Gasteiger partial charge is 0.497 e. The van der Waals surface area contributed by atoms with Crippen molar-refractivity contribution in [3.05, 3.63) is 62.1 Å². The Labute approximate surface area is 153 Å². The molecule has 0 atom stereocenters. The van der Waals surface area contributed by atoms with Gasteiger partial charge in [-0.05, 0) is 42.5 Å². The van der Waals surface area contributed by atoms with Crippen molar-refractivity contribution in [1.82, 2.24) is 9.55 Å². The average Bonchev–Trinajstić information content (AvgIpc) is 2.61. The molecule has 1 heterocycles. The van der Waals surface area contributed by atoms with Gasteiger partial charge >= 0.3 is 0 Å². The molecule has 0 spiro atoms. The lowest BCUT2D eigenvalue weighted by atomic mass is 10.1. The van der Waals surface area contributed by atoms with Crippen LogP contribution < -0.4 is 15.6 Å². The van der Waals surface area contributed by atoms with Crippen LogP contribution in [0.1, 0.15) is 10.4 Å². The maximum absolute atomic E-state index is 12.5. The number of amides is 1. The van der Waals surface area contributed by atoms with Crippen molar-refractivity contribution >= 4 is 46.3 Å². The number of ether oxygens (including phenoxy) is 1. The van der Waals surface area contributed by atoms with Crippen molar-refractivity contribution < 1.29 is 9.53 Å². The second-order valence-electron chi connectivity index (χ2n) is 5.35. The fourth-order valence-corrected chi connectivity index (χ4v) is 2.78. The number of methoxy groups -OCH3 is 1. The zero-order chi connectivity index (χ0) is 18.1. The van der Waals surface area contributed by atoms with Gasteiger partial charge in [0.15, 0.2) is 4.77 Å². The molecule has 1 amide bonds. The molecule has 3 rings (SSSR count). The van der Waals surface area contributed by atoms with E-state index in [1.165, 1.54) is 11.7 Å². The van der Waals surface area contributed by atoms with E-state index in [1.807, 2.05) is 0 Å². The molecule has 25 heavy (non-hydrogen) atoms. The predicted molar refractivity (Wildman–Crippen MR) is 100 cm³/mol. The first-order valence-electron chi connectivity index (χ1n) is 7.28. The Hall–Kier alpha value is -2.64. The maximum Gasteiger partial charge on any atom is 0.261 e. The van der Waals surface area contributed by atoms with Gasteiger partial charge in [-0.25, -0.2) is 0 Å². The van der Waals surface area contributed by atoms with E-state index in [9.17, 15) is 9.59 Å². The van der Waals surface area contributed by atoms with Crippen LogP contribution in [0.15, 0.2) is 41.2 Å². The highest BCUT2D eigenvalue weighted by Crippen LogP contribution is 2.27. The molecule has 3 aromatic rings. The molecule has 0 fully saturated rings. The lowest BCUT2D eigenvalue weighted by Crippen LogP contribution is -2.19. The second kappa shape index (κ2) is 6.70. The Bertz CT molecular complexity index is 1100. The van der Waals surface area contributed by atoms with Gasteiger partial charge in [-0.1, -0.05) is 11.6 Å². The van der Waals surface area contributed by atoms with E-state index in [0.29, 0.717) is 32.9 Å². The molecule has 6 nitrogen and oxygen atoms in total. The summed E-state index contributed by atoms with van der Waals surface area (Å²) in [6.07, 6.45) is 0. The molecule has 0 saturated carbocycles. The number of rotatable bonds is 3. The molecule has 2 aromatic carbocycles. The fraction of sp³-hybridized carbons (Fsp3) is 0.118. The lowest BCUT2D eigenvalue weighted by molar-refractivity contribution is 0.102. The molecule has 2 N–H and O–H groups in total. The summed E-state index contributed by atoms with van der Waals surface area (Å²) in [6.45, 7) is 0. The summed E-state index contributed by atoms with van der Waals surface area (Å²) in [4.78, 5) is 27.6. The van der Waals surface area contributed by atoms with Gasteiger partial charge in [-0.2, -0.15) is 0 Å². The maximum atomic E-state index is 12.5. The number of anilines is 1. The number of hydrogen-bond acceptors (Lipinski definition) is 4. The van der Waals surface area contributed by atoms with Crippen molar-refractivity contribution in [3.63, 3.8) is 0 Å². The van der Waals surface area contributed by atoms with E-state index in [4.69, 9.17) is 28.6 Å². The van der Waals surface area contributed by atoms with Crippen molar-refractivity contribution in [2.45, 2.75) is 0 Å². The molecule has 0 radical (unpaired) electrons. The SMILES string of the molecule is COc1ccc(NC(=O)c2ccc3c(=O)n(C)c(=S)[nH]c3c2)c(Cl)c1. The number of halogens is 1. The summed E-state index contributed by atoms with van der Waals surface area (Å²) in [5.74, 6) is 0.242. The predicted octanol–water partition coefficient (Wildman–Crippen LogP) is 3.51. The van der Waals surface area contributed by atoms with Gasteiger partial charge < -0.3 is 15.0 Å². The first-order chi connectivity index (χ1) is 11.9. The van der Waals surface area contributed by atoms with E-state index >= 15 is 0 Å². The van der Waals surface area contributed by atoms with Crippen molar-refractivity contribution in [2.75, 3.05) is 12.4 Å². The normalized spacial score (nSPS) is 10.7. The quantitative estimate of drug-likeness (QED) is 0.687. The highest BCUT2D eigenvalue weighted by atomic mass is 35.5. The molecule has 1 aromatic heterocycles. The monoisotopic (exact) mass is 375 g/mol. The molecule has 0 unspecified atom stereocenters. The van der Waals surface area contributed by atoms with E-state index in [2.05, 4.69) is 10.3 Å². The summed E-state index contributed by atoms with van der Waals surface area (Å²) < 4.78 is 6.70. The molecule has 0 aliphatic carbocycles. The summed E-state index contributed by atoms with van der Waals surface area (Å²) in [6, 6.07) is 9.71. The van der Waals surface area contributed by atoms with Gasteiger partial charge in [0.1, 0.15) is 5.75 Å². The van der Waals surface area contributed by atoms with Gasteiger partial charge in [0.05, 0.1) is 28.7 Å². The number of hydrogen-bond donors (Lipinski definition) is 2. The Balaban J connectivity index is 1.96. The van der Waals surface area contributed by atoms with Crippen molar-refractivity contribution in [2.24, 2.45) is 7.05 Å². The van der Waals surface area contributed by atoms with Crippen molar-refractivity contribution in [1.29, 1.82) is 0 Å². The number of fused-ring (bicyclic) bond motifs is 1. The second-order valence-corrected chi connectivity index (χ2v) is 6.15. The van der Waals surface area contributed by atoms with Gasteiger partial charge in [0, 0.05) is 18.7 Å². The summed E-state index contributed by atoms with van der Waals surface area (Å²) in [5.41, 5.74) is 1.12. The molecule has 0 saturated heterocycles. The number of H-pyrrole nitrogens is 1. The highest BCUT2D eigenvalue weighted by Gasteiger charge is 2.11. The van der Waals surface area contributed by atoms with E-state index in [1.54, 1.807) is 43.4 Å². The number of aromatic nitrogens is 2. The van der Waals surface area contributed by atoms with Crippen LogP contribution in [0.4, 0.5) is 5.69 Å². The summed E-state index contributed by atoms with van der Waals surface area (Å²) in [5, 5.41) is 3.55. The third-order valence-corrected chi connectivity index (χ3v) is 4.48. The van der Waals surface area contributed by atoms with E-state index < -0.39 is 0 Å². The minimum atomic E-state index is -0.353. The van der Waals surface area contributed by atoms with Crippen LogP contribution in [0.3, 0.4) is 0 Å². The van der Waals surface area contributed by atoms with Crippen LogP contribution in [0.5, 0.6) is 5.75 Å². The molecule has 0 aliphatic heterocycles. The minimum absolute atomic E-state index is 0.219. The van der Waals surface area contributed by atoms with E-state index in [0.717, 1.165) is 0 Å². The zero-order valence-electron chi connectivity index (χ0n) is 13.4. The lowest BCUT2D eigenvalue weighted by Gasteiger charge is -2.09. The van der Waals surface area contributed by atoms with Gasteiger partial charge in [0.25, 0.3) is 11.5 Å². The van der Waals surface area contributed by atoms with Gasteiger partial charge in [0.2, 0.25) is 0 Å². The van der Waals surface area contributed by atoms with Gasteiger partial charge in [-0.3, -0.25) is 14.2 Å². The summed E-state index contributed by atoms with van der Waals surface area (Å²) >= 11 is 11.2. The standard InChI is InChI=1S/C17H14ClN3O3S/c1-21-16(23)11-5-3-9(7-14(11)20-17(21)25)15(22)19-13-6-4-10(24-2)8-12(13)18/h3-8H,1-2H3,(H,19,22)(H,20,25). The number of benzene rings is 2. The van der Waals surface area contributed by atoms with E-state index in [-0.39, 0.29) is 16.2 Å². The number of carbonyl (C=O) groups excluding carboxylic acids is 1. The van der Waals surface area contributed by atoms with Crippen LogP contribution >= 0.6 is 23.8 Å². The highest BCUT2D eigenvalue weighted by molar-refractivity contribution is 7.71. The number of carbonyl (C=O) groups is 1. The summed E-state index contributed by atoms with van der Waals surface area (Å²) in [7, 11) is 3.13. The minimum Gasteiger partial charge on any atom is -0.497 e. The molecule has 0 bridgehead atoms. The van der Waals surface area contributed by atoms with Crippen LogP contribution in [-0.4, -0.2) is 22.6 Å². The topological polar surface area (TPSA) is 76.1 Å². The average molecular weight is 376 g/mol.